The Hall–Kier alpha value is -3.45. The van der Waals surface area contributed by atoms with Crippen LogP contribution in [0.4, 0.5) is 0 Å². The number of nitrogens with zero attached hydrogens (tertiary/aromatic N) is 1. The van der Waals surface area contributed by atoms with Crippen LogP contribution in [0, 0.1) is 11.8 Å². The first-order valence-electron chi connectivity index (χ1n) is 13.8. The monoisotopic (exact) mass is 578 g/mol. The van der Waals surface area contributed by atoms with Crippen molar-refractivity contribution in [1.82, 2.24) is 0 Å². The van der Waals surface area contributed by atoms with Gasteiger partial charge in [-0.1, -0.05) is 42.5 Å². The third kappa shape index (κ3) is 16.4. The van der Waals surface area contributed by atoms with Crippen LogP contribution in [0.1, 0.15) is 51.4 Å². The quantitative estimate of drug-likeness (QED) is 0.0569. The van der Waals surface area contributed by atoms with Crippen molar-refractivity contribution >= 4 is 17.9 Å². The number of ether oxygens (including phenoxy) is 1. The van der Waals surface area contributed by atoms with Gasteiger partial charge in [0.1, 0.15) is 11.8 Å². The smallest absolute Gasteiger partial charge is 0.320 e. The Bertz CT molecular complexity index is 969. The number of nitrogens with two attached hydrogens (primary N) is 3. The topological polar surface area (TPSA) is 235 Å². The molecule has 0 bridgehead atoms. The Balaban J connectivity index is 0.000000590. The first-order valence-corrected chi connectivity index (χ1v) is 13.8. The predicted octanol–water partition coefficient (Wildman–Crippen LogP) is 1.38. The fraction of sp³-hybridized carbons (Fsp3) is 0.552. The van der Waals surface area contributed by atoms with E-state index in [4.69, 9.17) is 32.2 Å². The number of aliphatic imine (C=N–C) groups is 1. The van der Waals surface area contributed by atoms with E-state index in [0.29, 0.717) is 58.1 Å². The van der Waals surface area contributed by atoms with E-state index in [1.807, 2.05) is 42.5 Å². The summed E-state index contributed by atoms with van der Waals surface area (Å²) < 4.78 is 5.58. The first kappa shape index (κ1) is 35.6. The molecule has 1 fully saturated rings. The molecule has 2 rings (SSSR count). The maximum absolute atomic E-state index is 10.5. The summed E-state index contributed by atoms with van der Waals surface area (Å²) in [5.74, 6) is -1.37. The Morgan fingerprint density at radius 1 is 1.05 bits per heavy atom. The molecule has 1 aromatic carbocycles. The number of aliphatic carboxylic acids is 2. The van der Waals surface area contributed by atoms with Crippen molar-refractivity contribution in [2.75, 3.05) is 13.2 Å². The lowest BCUT2D eigenvalue weighted by molar-refractivity contribution is -0.139. The molecule has 1 aliphatic rings. The summed E-state index contributed by atoms with van der Waals surface area (Å²) in [6.45, 7) is 0.803. The van der Waals surface area contributed by atoms with Gasteiger partial charge in [-0.3, -0.25) is 14.6 Å². The predicted molar refractivity (Wildman–Crippen MR) is 156 cm³/mol. The number of unbranched alkanes of at least 4 members (excludes halogenated alkanes) is 1. The van der Waals surface area contributed by atoms with Gasteiger partial charge in [-0.2, -0.15) is 0 Å². The summed E-state index contributed by atoms with van der Waals surface area (Å²) in [7, 11) is 0. The van der Waals surface area contributed by atoms with Crippen molar-refractivity contribution in [2.24, 2.45) is 34.0 Å². The summed E-state index contributed by atoms with van der Waals surface area (Å²) in [5.41, 5.74) is 15.3. The van der Waals surface area contributed by atoms with Gasteiger partial charge in [-0.25, -0.2) is 0 Å². The molecule has 1 saturated carbocycles. The minimum Gasteiger partial charge on any atom is -0.493 e. The zero-order chi connectivity index (χ0) is 30.6. The molecular formula is C29H46N4O8. The molecule has 1 aliphatic carbocycles. The number of para-hydroxylation sites is 1. The van der Waals surface area contributed by atoms with Gasteiger partial charge in [-0.15, -0.1) is 0 Å². The van der Waals surface area contributed by atoms with E-state index < -0.39 is 36.3 Å². The summed E-state index contributed by atoms with van der Waals surface area (Å²) in [5, 5.41) is 47.7. The van der Waals surface area contributed by atoms with E-state index >= 15 is 0 Å². The normalized spacial score (nSPS) is 21.7. The van der Waals surface area contributed by atoms with Gasteiger partial charge >= 0.3 is 11.9 Å². The lowest BCUT2D eigenvalue weighted by atomic mass is 9.89. The van der Waals surface area contributed by atoms with E-state index in [1.54, 1.807) is 12.2 Å². The molecule has 0 radical (unpaired) electrons. The maximum Gasteiger partial charge on any atom is 0.320 e. The van der Waals surface area contributed by atoms with Crippen LogP contribution < -0.4 is 21.9 Å². The maximum atomic E-state index is 10.5. The van der Waals surface area contributed by atoms with Gasteiger partial charge in [0.25, 0.3) is 0 Å². The fourth-order valence-electron chi connectivity index (χ4n) is 4.26. The Labute approximate surface area is 241 Å². The third-order valence-corrected chi connectivity index (χ3v) is 6.52. The SMILES string of the molecule is NC(N)=NCCCC(N)C(=O)O.O=C(O)CCC/C=C\C[C@@H]1[C@@H](/C=C/[C@@H](O)CCOc2ccccc2)[C@H](O)C[C@@H]1O. The standard InChI is InChI=1S/C23H32O6.C6H14N4O2/c24-17(14-15-29-18-8-4-3-5-9-18)12-13-20-19(21(25)16-22(20)26)10-6-1-2-7-11-23(27)28;7-4(5(11)12)2-1-3-10-6(8)9/h1,3-6,8-9,12-13,17,19-22,24-26H,2,7,10-11,14-16H2,(H,27,28);4H,1-3,7H2,(H,11,12)(H4,8,9,10)/b6-1-,13-12+;/t17-,19-,20-,21+,22-;/m1./s1. The highest BCUT2D eigenvalue weighted by atomic mass is 16.5. The molecule has 12 heteroatoms. The molecule has 11 N–H and O–H groups in total. The Morgan fingerprint density at radius 3 is 2.39 bits per heavy atom. The van der Waals surface area contributed by atoms with Gasteiger partial charge in [0.2, 0.25) is 0 Å². The molecule has 1 unspecified atom stereocenters. The van der Waals surface area contributed by atoms with Crippen molar-refractivity contribution in [2.45, 2.75) is 75.7 Å². The molecule has 0 spiro atoms. The number of carbonyl (C=O) groups is 2. The van der Waals surface area contributed by atoms with Crippen molar-refractivity contribution in [3.63, 3.8) is 0 Å². The van der Waals surface area contributed by atoms with E-state index in [-0.39, 0.29) is 24.2 Å². The number of guanidine groups is 1. The molecule has 6 atom stereocenters. The molecule has 0 aliphatic heterocycles. The summed E-state index contributed by atoms with van der Waals surface area (Å²) in [6, 6.07) is 8.58. The van der Waals surface area contributed by atoms with Crippen LogP contribution in [0.2, 0.25) is 0 Å². The summed E-state index contributed by atoms with van der Waals surface area (Å²) in [6.07, 6.45) is 9.15. The summed E-state index contributed by atoms with van der Waals surface area (Å²) >= 11 is 0. The minimum absolute atomic E-state index is 0.0129. The van der Waals surface area contributed by atoms with Gasteiger partial charge < -0.3 is 47.5 Å². The zero-order valence-corrected chi connectivity index (χ0v) is 23.4. The Kier molecular flexibility index (Phi) is 17.7. The number of allylic oxidation sites excluding steroid dienone is 2. The lowest BCUT2D eigenvalue weighted by Crippen LogP contribution is -2.30. The third-order valence-electron chi connectivity index (χ3n) is 6.52. The second kappa shape index (κ2) is 20.4. The number of hydrogen-bond acceptors (Lipinski definition) is 8. The number of aliphatic hydroxyl groups is 3. The van der Waals surface area contributed by atoms with Crippen molar-refractivity contribution in [3.05, 3.63) is 54.6 Å². The van der Waals surface area contributed by atoms with E-state index in [2.05, 4.69) is 4.99 Å². The van der Waals surface area contributed by atoms with Crippen LogP contribution in [0.15, 0.2) is 59.6 Å². The van der Waals surface area contributed by atoms with Crippen molar-refractivity contribution in [3.8, 4) is 5.75 Å². The molecule has 230 valence electrons. The fourth-order valence-corrected chi connectivity index (χ4v) is 4.26. The highest BCUT2D eigenvalue weighted by molar-refractivity contribution is 5.75. The van der Waals surface area contributed by atoms with Gasteiger partial charge in [0.05, 0.1) is 24.9 Å². The molecule has 12 nitrogen and oxygen atoms in total. The highest BCUT2D eigenvalue weighted by Gasteiger charge is 2.39. The molecule has 0 amide bonds. The zero-order valence-electron chi connectivity index (χ0n) is 23.4. The molecule has 0 saturated heterocycles. The average Bonchev–Trinajstić information content (AvgIpc) is 3.19. The lowest BCUT2D eigenvalue weighted by Gasteiger charge is -2.19. The first-order chi connectivity index (χ1) is 19.5. The van der Waals surface area contributed by atoms with Gasteiger partial charge in [0, 0.05) is 31.7 Å². The molecular weight excluding hydrogens is 532 g/mol. The van der Waals surface area contributed by atoms with E-state index in [1.165, 1.54) is 0 Å². The van der Waals surface area contributed by atoms with Crippen LogP contribution in [-0.2, 0) is 9.59 Å². The number of carboxylic acids is 2. The molecule has 0 heterocycles. The molecule has 1 aromatic rings. The summed E-state index contributed by atoms with van der Waals surface area (Å²) in [4.78, 5) is 24.4. The number of carboxylic acid groups (broad SMARTS) is 2. The number of benzene rings is 1. The number of hydrogen-bond donors (Lipinski definition) is 8. The van der Waals surface area contributed by atoms with Crippen molar-refractivity contribution in [1.29, 1.82) is 0 Å². The largest absolute Gasteiger partial charge is 0.493 e. The second-order valence-corrected chi connectivity index (χ2v) is 9.90. The average molecular weight is 579 g/mol. The van der Waals surface area contributed by atoms with Crippen LogP contribution in [0.3, 0.4) is 0 Å². The molecule has 41 heavy (non-hydrogen) atoms. The van der Waals surface area contributed by atoms with Gasteiger partial charge in [0.15, 0.2) is 5.96 Å². The van der Waals surface area contributed by atoms with E-state index in [0.717, 1.165) is 5.75 Å². The Morgan fingerprint density at radius 2 is 1.76 bits per heavy atom. The van der Waals surface area contributed by atoms with Crippen LogP contribution in [0.5, 0.6) is 5.75 Å². The minimum atomic E-state index is -1.00. The van der Waals surface area contributed by atoms with Crippen molar-refractivity contribution < 1.29 is 39.9 Å². The number of rotatable bonds is 17. The van der Waals surface area contributed by atoms with E-state index in [9.17, 15) is 24.9 Å². The highest BCUT2D eigenvalue weighted by Crippen LogP contribution is 2.36. The number of aliphatic hydroxyl groups excluding tert-OH is 3. The van der Waals surface area contributed by atoms with Crippen LogP contribution >= 0.6 is 0 Å². The van der Waals surface area contributed by atoms with Gasteiger partial charge in [-0.05, 0) is 50.2 Å². The van der Waals surface area contributed by atoms with Crippen LogP contribution in [0.25, 0.3) is 0 Å². The second-order valence-electron chi connectivity index (χ2n) is 9.90. The molecule has 0 aromatic heterocycles. The van der Waals surface area contributed by atoms with Crippen LogP contribution in [-0.4, -0.2) is 80.9 Å².